The van der Waals surface area contributed by atoms with Gasteiger partial charge in [0.15, 0.2) is 0 Å². The molecule has 1 aromatic carbocycles. The zero-order valence-corrected chi connectivity index (χ0v) is 10.3. The summed E-state index contributed by atoms with van der Waals surface area (Å²) in [7, 11) is 0. The van der Waals surface area contributed by atoms with Crippen LogP contribution in [0.2, 0.25) is 0 Å². The van der Waals surface area contributed by atoms with Gasteiger partial charge in [-0.05, 0) is 24.8 Å². The lowest BCUT2D eigenvalue weighted by Gasteiger charge is -2.03. The predicted octanol–water partition coefficient (Wildman–Crippen LogP) is 2.87. The number of nitrogens with zero attached hydrogens (tertiary/aromatic N) is 2. The van der Waals surface area contributed by atoms with Crippen molar-refractivity contribution < 1.29 is 0 Å². The topological polar surface area (TPSA) is 43.8 Å². The van der Waals surface area contributed by atoms with Gasteiger partial charge in [-0.15, -0.1) is 11.8 Å². The maximum absolute atomic E-state index is 6.10. The number of nitrogens with two attached hydrogens (primary N) is 1. The van der Waals surface area contributed by atoms with Gasteiger partial charge in [0, 0.05) is 0 Å². The van der Waals surface area contributed by atoms with Gasteiger partial charge >= 0.3 is 0 Å². The average Bonchev–Trinajstić information content (AvgIpc) is 2.59. The molecular formula is C12H15N3S. The van der Waals surface area contributed by atoms with Crippen molar-refractivity contribution in [1.82, 2.24) is 9.78 Å². The first-order valence-electron chi connectivity index (χ1n) is 5.27. The second kappa shape index (κ2) is 4.61. The number of anilines is 1. The molecule has 0 aliphatic heterocycles. The fourth-order valence-corrected chi connectivity index (χ4v) is 2.39. The van der Waals surface area contributed by atoms with Gasteiger partial charge in [-0.25, -0.2) is 4.68 Å². The highest BCUT2D eigenvalue weighted by atomic mass is 32.2. The Kier molecular flexibility index (Phi) is 3.19. The van der Waals surface area contributed by atoms with Crippen molar-refractivity contribution in [3.8, 4) is 5.69 Å². The molecule has 1 aromatic heterocycles. The molecule has 0 spiro atoms. The molecule has 16 heavy (non-hydrogen) atoms. The van der Waals surface area contributed by atoms with Gasteiger partial charge in [0.05, 0.1) is 16.3 Å². The number of para-hydroxylation sites is 1. The SMILES string of the molecule is CCSc1c(C)nn(-c2ccccc2)c1N. The zero-order chi connectivity index (χ0) is 11.5. The summed E-state index contributed by atoms with van der Waals surface area (Å²) in [5, 5.41) is 4.47. The smallest absolute Gasteiger partial charge is 0.141 e. The van der Waals surface area contributed by atoms with Gasteiger partial charge < -0.3 is 5.73 Å². The Labute approximate surface area is 99.7 Å². The van der Waals surface area contributed by atoms with Crippen LogP contribution in [0.4, 0.5) is 5.82 Å². The molecule has 2 N–H and O–H groups in total. The normalized spacial score (nSPS) is 10.6. The molecule has 1 heterocycles. The fraction of sp³-hybridized carbons (Fsp3) is 0.250. The molecule has 0 bridgehead atoms. The molecule has 0 fully saturated rings. The number of hydrogen-bond acceptors (Lipinski definition) is 3. The molecule has 4 heteroatoms. The molecule has 0 saturated heterocycles. The van der Waals surface area contributed by atoms with Crippen molar-refractivity contribution in [2.24, 2.45) is 0 Å². The molecule has 0 amide bonds. The van der Waals surface area contributed by atoms with Crippen molar-refractivity contribution in [3.63, 3.8) is 0 Å². The van der Waals surface area contributed by atoms with E-state index in [2.05, 4.69) is 12.0 Å². The largest absolute Gasteiger partial charge is 0.383 e. The monoisotopic (exact) mass is 233 g/mol. The Morgan fingerprint density at radius 3 is 2.62 bits per heavy atom. The lowest BCUT2D eigenvalue weighted by Crippen LogP contribution is -2.01. The quantitative estimate of drug-likeness (QED) is 0.829. The van der Waals surface area contributed by atoms with Crippen molar-refractivity contribution in [2.75, 3.05) is 11.5 Å². The zero-order valence-electron chi connectivity index (χ0n) is 9.47. The summed E-state index contributed by atoms with van der Waals surface area (Å²) in [5.41, 5.74) is 8.10. The number of rotatable bonds is 3. The van der Waals surface area contributed by atoms with Crippen LogP contribution in [-0.4, -0.2) is 15.5 Å². The number of benzene rings is 1. The first-order valence-corrected chi connectivity index (χ1v) is 6.26. The van der Waals surface area contributed by atoms with E-state index in [1.165, 1.54) is 0 Å². The highest BCUT2D eigenvalue weighted by Gasteiger charge is 2.12. The minimum atomic E-state index is 0.732. The highest BCUT2D eigenvalue weighted by Crippen LogP contribution is 2.29. The van der Waals surface area contributed by atoms with Gasteiger partial charge in [0.25, 0.3) is 0 Å². The van der Waals surface area contributed by atoms with Gasteiger partial charge in [0.1, 0.15) is 5.82 Å². The maximum atomic E-state index is 6.10. The Bertz CT molecular complexity index is 477. The van der Waals surface area contributed by atoms with E-state index in [1.807, 2.05) is 37.3 Å². The van der Waals surface area contributed by atoms with Crippen molar-refractivity contribution >= 4 is 17.6 Å². The van der Waals surface area contributed by atoms with Gasteiger partial charge in [0.2, 0.25) is 0 Å². The Balaban J connectivity index is 2.47. The summed E-state index contributed by atoms with van der Waals surface area (Å²) in [6.07, 6.45) is 0. The molecule has 3 nitrogen and oxygen atoms in total. The second-order valence-corrected chi connectivity index (χ2v) is 4.75. The molecule has 2 aromatic rings. The Morgan fingerprint density at radius 2 is 2.00 bits per heavy atom. The summed E-state index contributed by atoms with van der Waals surface area (Å²) in [6.45, 7) is 4.11. The van der Waals surface area contributed by atoms with Crippen molar-refractivity contribution in [2.45, 2.75) is 18.7 Å². The van der Waals surface area contributed by atoms with E-state index in [9.17, 15) is 0 Å². The first-order chi connectivity index (χ1) is 7.74. The molecule has 0 aliphatic rings. The minimum Gasteiger partial charge on any atom is -0.383 e. The van der Waals surface area contributed by atoms with Crippen LogP contribution >= 0.6 is 11.8 Å². The van der Waals surface area contributed by atoms with Gasteiger partial charge in [-0.3, -0.25) is 0 Å². The summed E-state index contributed by atoms with van der Waals surface area (Å²) in [6, 6.07) is 9.96. The Morgan fingerprint density at radius 1 is 1.31 bits per heavy atom. The van der Waals surface area contributed by atoms with Gasteiger partial charge in [-0.1, -0.05) is 25.1 Å². The van der Waals surface area contributed by atoms with Gasteiger partial charge in [-0.2, -0.15) is 5.10 Å². The van der Waals surface area contributed by atoms with Crippen LogP contribution in [-0.2, 0) is 0 Å². The molecule has 84 valence electrons. The van der Waals surface area contributed by atoms with E-state index in [0.717, 1.165) is 27.8 Å². The first kappa shape index (κ1) is 11.1. The molecular weight excluding hydrogens is 218 g/mol. The van der Waals surface area contributed by atoms with E-state index in [4.69, 9.17) is 5.73 Å². The van der Waals surface area contributed by atoms with E-state index in [-0.39, 0.29) is 0 Å². The van der Waals surface area contributed by atoms with Crippen LogP contribution in [0, 0.1) is 6.92 Å². The Hall–Kier alpha value is -1.42. The van der Waals surface area contributed by atoms with Crippen LogP contribution in [0.3, 0.4) is 0 Å². The molecule has 0 radical (unpaired) electrons. The third-order valence-electron chi connectivity index (χ3n) is 2.33. The van der Waals surface area contributed by atoms with E-state index >= 15 is 0 Å². The summed E-state index contributed by atoms with van der Waals surface area (Å²) in [5.74, 6) is 1.74. The van der Waals surface area contributed by atoms with Crippen LogP contribution < -0.4 is 5.73 Å². The lowest BCUT2D eigenvalue weighted by molar-refractivity contribution is 0.872. The average molecular weight is 233 g/mol. The van der Waals surface area contributed by atoms with Crippen LogP contribution in [0.15, 0.2) is 35.2 Å². The number of nitrogen functional groups attached to an aromatic ring is 1. The standard InChI is InChI=1S/C12H15N3S/c1-3-16-11-9(2)14-15(12(11)13)10-7-5-4-6-8-10/h4-8H,3,13H2,1-2H3. The number of aryl methyl sites for hydroxylation is 1. The summed E-state index contributed by atoms with van der Waals surface area (Å²) < 4.78 is 1.80. The van der Waals surface area contributed by atoms with E-state index < -0.39 is 0 Å². The van der Waals surface area contributed by atoms with Crippen LogP contribution in [0.25, 0.3) is 5.69 Å². The third-order valence-corrected chi connectivity index (χ3v) is 3.41. The van der Waals surface area contributed by atoms with Crippen LogP contribution in [0.5, 0.6) is 0 Å². The van der Waals surface area contributed by atoms with Crippen molar-refractivity contribution in [1.29, 1.82) is 0 Å². The second-order valence-electron chi connectivity index (χ2n) is 3.48. The lowest BCUT2D eigenvalue weighted by atomic mass is 10.3. The summed E-state index contributed by atoms with van der Waals surface area (Å²) >= 11 is 1.74. The summed E-state index contributed by atoms with van der Waals surface area (Å²) in [4.78, 5) is 1.09. The molecule has 0 atom stereocenters. The molecule has 0 unspecified atom stereocenters. The number of hydrogen-bond donors (Lipinski definition) is 1. The molecule has 2 rings (SSSR count). The molecule has 0 aliphatic carbocycles. The van der Waals surface area contributed by atoms with Crippen LogP contribution in [0.1, 0.15) is 12.6 Å². The number of aromatic nitrogens is 2. The van der Waals surface area contributed by atoms with Crippen molar-refractivity contribution in [3.05, 3.63) is 36.0 Å². The third kappa shape index (κ3) is 1.93. The molecule has 0 saturated carbocycles. The number of thioether (sulfide) groups is 1. The maximum Gasteiger partial charge on any atom is 0.141 e. The van der Waals surface area contributed by atoms with E-state index in [0.29, 0.717) is 0 Å². The predicted molar refractivity (Wildman–Crippen MR) is 69.1 cm³/mol. The fourth-order valence-electron chi connectivity index (χ4n) is 1.62. The minimum absolute atomic E-state index is 0.732. The highest BCUT2D eigenvalue weighted by molar-refractivity contribution is 7.99. The van der Waals surface area contributed by atoms with E-state index in [1.54, 1.807) is 16.4 Å².